The smallest absolute Gasteiger partial charge is 0.112 e. The first-order chi connectivity index (χ1) is 8.94. The predicted octanol–water partition coefficient (Wildman–Crippen LogP) is 3.42. The van der Waals surface area contributed by atoms with Gasteiger partial charge in [-0.05, 0) is 19.1 Å². The highest BCUT2D eigenvalue weighted by atomic mass is 32.2. The molecule has 2 rings (SSSR count). The molecule has 0 radical (unpaired) electrons. The van der Waals surface area contributed by atoms with Crippen LogP contribution in [-0.4, -0.2) is 21.7 Å². The number of nitrogens with one attached hydrogen (secondary N) is 1. The van der Waals surface area contributed by atoms with Gasteiger partial charge in [-0.15, -0.1) is 11.3 Å². The van der Waals surface area contributed by atoms with Gasteiger partial charge in [0, 0.05) is 33.3 Å². The van der Waals surface area contributed by atoms with Crippen molar-refractivity contribution in [1.82, 2.24) is 4.98 Å². The van der Waals surface area contributed by atoms with E-state index in [4.69, 9.17) is 0 Å². The highest BCUT2D eigenvalue weighted by Crippen LogP contribution is 2.26. The highest BCUT2D eigenvalue weighted by Gasteiger charge is 2.03. The summed E-state index contributed by atoms with van der Waals surface area (Å²) in [6.07, 6.45) is 3.27. The molecular weight excluding hydrogens is 278 g/mol. The quantitative estimate of drug-likeness (QED) is 0.940. The molecule has 0 amide bonds. The van der Waals surface area contributed by atoms with Crippen molar-refractivity contribution >= 4 is 32.4 Å². The summed E-state index contributed by atoms with van der Waals surface area (Å²) in [5.41, 5.74) is 2.64. The fraction of sp³-hybridized carbons (Fsp3) is 0.308. The Bertz CT molecular complexity index is 677. The first-order valence-corrected chi connectivity index (χ1v) is 9.06. The molecule has 0 spiro atoms. The average Bonchev–Trinajstić information content (AvgIpc) is 2.72. The lowest BCUT2D eigenvalue weighted by Gasteiger charge is -2.08. The van der Waals surface area contributed by atoms with E-state index in [9.17, 15) is 4.21 Å². The van der Waals surface area contributed by atoms with E-state index in [1.165, 1.54) is 0 Å². The molecule has 0 saturated carbocycles. The third-order valence-electron chi connectivity index (χ3n) is 2.32. The van der Waals surface area contributed by atoms with Gasteiger partial charge in [-0.25, -0.2) is 9.19 Å². The maximum atomic E-state index is 11.8. The summed E-state index contributed by atoms with van der Waals surface area (Å²) in [6, 6.07) is 7.62. The van der Waals surface area contributed by atoms with Crippen LogP contribution in [0.2, 0.25) is 0 Å². The standard InChI is InChI=1S/C13H17N3OS2/c1-10-9-18-13(15-10)8-14-11-6-4-5-7-12(11)16-19(2,3)17/h4-7,9,14H,8H2,1-3H3. The van der Waals surface area contributed by atoms with E-state index in [-0.39, 0.29) is 0 Å². The summed E-state index contributed by atoms with van der Waals surface area (Å²) in [7, 11) is -2.16. The summed E-state index contributed by atoms with van der Waals surface area (Å²) in [4.78, 5) is 4.40. The Morgan fingerprint density at radius 2 is 2.11 bits per heavy atom. The van der Waals surface area contributed by atoms with E-state index in [1.54, 1.807) is 23.8 Å². The molecule has 0 aliphatic heterocycles. The molecule has 0 saturated heterocycles. The number of para-hydroxylation sites is 1. The molecule has 1 heterocycles. The van der Waals surface area contributed by atoms with Gasteiger partial charge >= 0.3 is 0 Å². The fourth-order valence-electron chi connectivity index (χ4n) is 1.59. The third-order valence-corrected chi connectivity index (χ3v) is 3.92. The lowest BCUT2D eigenvalue weighted by molar-refractivity contribution is 0.684. The van der Waals surface area contributed by atoms with Crippen LogP contribution in [0, 0.1) is 6.92 Å². The number of nitrogens with zero attached hydrogens (tertiary/aromatic N) is 2. The summed E-state index contributed by atoms with van der Waals surface area (Å²) in [5, 5.41) is 6.35. The molecule has 102 valence electrons. The second-order valence-electron chi connectivity index (χ2n) is 4.53. The summed E-state index contributed by atoms with van der Waals surface area (Å²) in [5.74, 6) is 0. The number of anilines is 1. The molecule has 0 aliphatic rings. The molecular formula is C13H17N3OS2. The van der Waals surface area contributed by atoms with Crippen molar-refractivity contribution in [2.24, 2.45) is 4.36 Å². The minimum Gasteiger partial charge on any atom is -0.377 e. The largest absolute Gasteiger partial charge is 0.377 e. The van der Waals surface area contributed by atoms with Crippen LogP contribution in [0.5, 0.6) is 0 Å². The molecule has 0 unspecified atom stereocenters. The molecule has 0 bridgehead atoms. The van der Waals surface area contributed by atoms with Gasteiger partial charge in [0.2, 0.25) is 0 Å². The lowest BCUT2D eigenvalue weighted by atomic mass is 10.3. The van der Waals surface area contributed by atoms with Crippen molar-refractivity contribution < 1.29 is 4.21 Å². The molecule has 2 aromatic rings. The summed E-state index contributed by atoms with van der Waals surface area (Å²) < 4.78 is 16.0. The maximum Gasteiger partial charge on any atom is 0.112 e. The second kappa shape index (κ2) is 5.71. The van der Waals surface area contributed by atoms with Crippen LogP contribution in [0.4, 0.5) is 11.4 Å². The van der Waals surface area contributed by atoms with Crippen LogP contribution in [0.1, 0.15) is 10.7 Å². The number of thiazole rings is 1. The lowest BCUT2D eigenvalue weighted by Crippen LogP contribution is -2.00. The number of hydrogen-bond acceptors (Lipinski definition) is 5. The first-order valence-electron chi connectivity index (χ1n) is 5.85. The van der Waals surface area contributed by atoms with Gasteiger partial charge < -0.3 is 5.32 Å². The normalized spacial score (nSPS) is 11.3. The number of aromatic nitrogens is 1. The molecule has 0 fully saturated rings. The van der Waals surface area contributed by atoms with Gasteiger partial charge in [-0.1, -0.05) is 12.1 Å². The Kier molecular flexibility index (Phi) is 4.21. The highest BCUT2D eigenvalue weighted by molar-refractivity contribution is 7.92. The first kappa shape index (κ1) is 14.0. The molecule has 1 aromatic carbocycles. The monoisotopic (exact) mass is 295 g/mol. The zero-order chi connectivity index (χ0) is 13.9. The van der Waals surface area contributed by atoms with E-state index in [0.29, 0.717) is 6.54 Å². The topological polar surface area (TPSA) is 54.4 Å². The molecule has 1 aromatic heterocycles. The molecule has 19 heavy (non-hydrogen) atoms. The van der Waals surface area contributed by atoms with Crippen LogP contribution < -0.4 is 5.32 Å². The van der Waals surface area contributed by atoms with E-state index in [0.717, 1.165) is 22.1 Å². The molecule has 0 aliphatic carbocycles. The van der Waals surface area contributed by atoms with E-state index in [2.05, 4.69) is 14.7 Å². The molecule has 4 nitrogen and oxygen atoms in total. The number of aryl methyl sites for hydroxylation is 1. The Hall–Kier alpha value is -1.40. The van der Waals surface area contributed by atoms with Crippen molar-refractivity contribution in [3.8, 4) is 0 Å². The van der Waals surface area contributed by atoms with Crippen LogP contribution in [0.15, 0.2) is 34.0 Å². The van der Waals surface area contributed by atoms with Crippen LogP contribution in [0.3, 0.4) is 0 Å². The Labute approximate surface area is 118 Å². The predicted molar refractivity (Wildman–Crippen MR) is 82.7 cm³/mol. The maximum absolute atomic E-state index is 11.8. The Morgan fingerprint density at radius 3 is 2.74 bits per heavy atom. The van der Waals surface area contributed by atoms with Crippen molar-refractivity contribution in [2.75, 3.05) is 17.8 Å². The van der Waals surface area contributed by atoms with Gasteiger partial charge in [0.05, 0.1) is 17.9 Å². The molecule has 1 N–H and O–H groups in total. The van der Waals surface area contributed by atoms with E-state index < -0.39 is 9.73 Å². The van der Waals surface area contributed by atoms with Gasteiger partial charge in [-0.3, -0.25) is 0 Å². The van der Waals surface area contributed by atoms with E-state index >= 15 is 0 Å². The zero-order valence-corrected chi connectivity index (χ0v) is 12.8. The SMILES string of the molecule is Cc1csc(CNc2ccccc2N=S(C)(C)=O)n1. The summed E-state index contributed by atoms with van der Waals surface area (Å²) in [6.45, 7) is 2.63. The van der Waals surface area contributed by atoms with Crippen molar-refractivity contribution in [2.45, 2.75) is 13.5 Å². The zero-order valence-electron chi connectivity index (χ0n) is 11.2. The van der Waals surface area contributed by atoms with Gasteiger partial charge in [0.1, 0.15) is 5.01 Å². The van der Waals surface area contributed by atoms with Gasteiger partial charge in [-0.2, -0.15) is 4.36 Å². The number of hydrogen-bond donors (Lipinski definition) is 1. The minimum absolute atomic E-state index is 0.652. The minimum atomic E-state index is -2.16. The third kappa shape index (κ3) is 4.33. The van der Waals surface area contributed by atoms with Crippen LogP contribution in [-0.2, 0) is 16.3 Å². The molecule has 0 atom stereocenters. The number of benzene rings is 1. The van der Waals surface area contributed by atoms with Gasteiger partial charge in [0.15, 0.2) is 0 Å². The van der Waals surface area contributed by atoms with Crippen molar-refractivity contribution in [3.63, 3.8) is 0 Å². The Morgan fingerprint density at radius 1 is 1.37 bits per heavy atom. The fourth-order valence-corrected chi connectivity index (χ4v) is 2.94. The summed E-state index contributed by atoms with van der Waals surface area (Å²) >= 11 is 1.63. The second-order valence-corrected chi connectivity index (χ2v) is 8.01. The van der Waals surface area contributed by atoms with Crippen molar-refractivity contribution in [1.29, 1.82) is 0 Å². The number of rotatable bonds is 4. The van der Waals surface area contributed by atoms with E-state index in [1.807, 2.05) is 36.6 Å². The van der Waals surface area contributed by atoms with Crippen LogP contribution >= 0.6 is 11.3 Å². The molecule has 6 heteroatoms. The Balaban J connectivity index is 2.19. The van der Waals surface area contributed by atoms with Crippen LogP contribution in [0.25, 0.3) is 0 Å². The van der Waals surface area contributed by atoms with Gasteiger partial charge in [0.25, 0.3) is 0 Å². The van der Waals surface area contributed by atoms with Crippen molar-refractivity contribution in [3.05, 3.63) is 40.3 Å². The average molecular weight is 295 g/mol.